The highest BCUT2D eigenvalue weighted by molar-refractivity contribution is 5.97. The second kappa shape index (κ2) is 9.10. The van der Waals surface area contributed by atoms with Crippen LogP contribution in [-0.4, -0.2) is 55.2 Å². The largest absolute Gasteiger partial charge is 0.490 e. The predicted octanol–water partition coefficient (Wildman–Crippen LogP) is 3.52. The Hall–Kier alpha value is -2.54. The Kier molecular flexibility index (Phi) is 6.57. The molecule has 3 rings (SSSR count). The number of fused-ring (bicyclic) bond motifs is 1. The summed E-state index contributed by atoms with van der Waals surface area (Å²) in [7, 11) is 3.84. The molecule has 1 aliphatic rings. The molecule has 1 aliphatic carbocycles. The topological polar surface area (TPSA) is 80.9 Å². The standard InChI is InChI=1S/C21H28N2O5/c1-14(24)27-16-11-18-17(20(12-16)28-15-7-5-4-6-8-15)13-19(22-18)21(25)26-10-9-23(2)3/h11-13,15,22H,4-10H2,1-3H3. The van der Waals surface area contributed by atoms with Crippen molar-refractivity contribution < 1.29 is 23.8 Å². The third kappa shape index (κ3) is 5.25. The number of hydrogen-bond donors (Lipinski definition) is 1. The van der Waals surface area contributed by atoms with Crippen molar-refractivity contribution in [2.45, 2.75) is 45.1 Å². The highest BCUT2D eigenvalue weighted by atomic mass is 16.5. The van der Waals surface area contributed by atoms with Crippen molar-refractivity contribution >= 4 is 22.8 Å². The van der Waals surface area contributed by atoms with Gasteiger partial charge in [0.25, 0.3) is 0 Å². The molecule has 1 heterocycles. The van der Waals surface area contributed by atoms with E-state index >= 15 is 0 Å². The first-order valence-corrected chi connectivity index (χ1v) is 9.76. The molecule has 0 spiro atoms. The van der Waals surface area contributed by atoms with E-state index in [-0.39, 0.29) is 6.10 Å². The molecular formula is C21H28N2O5. The number of hydrogen-bond acceptors (Lipinski definition) is 6. The quantitative estimate of drug-likeness (QED) is 0.577. The Morgan fingerprint density at radius 2 is 1.89 bits per heavy atom. The Labute approximate surface area is 164 Å². The number of nitrogens with zero attached hydrogens (tertiary/aromatic N) is 1. The molecule has 0 bridgehead atoms. The van der Waals surface area contributed by atoms with E-state index in [1.807, 2.05) is 19.0 Å². The number of carbonyl (C=O) groups excluding carboxylic acids is 2. The Balaban J connectivity index is 1.86. The minimum atomic E-state index is -0.421. The molecule has 0 saturated heterocycles. The van der Waals surface area contributed by atoms with Crippen LogP contribution >= 0.6 is 0 Å². The Morgan fingerprint density at radius 1 is 1.14 bits per heavy atom. The Morgan fingerprint density at radius 3 is 2.57 bits per heavy atom. The first-order chi connectivity index (χ1) is 13.4. The van der Waals surface area contributed by atoms with Gasteiger partial charge in [0.05, 0.1) is 11.6 Å². The molecule has 2 aromatic rings. The zero-order valence-electron chi connectivity index (χ0n) is 16.7. The molecule has 1 aromatic carbocycles. The lowest BCUT2D eigenvalue weighted by Crippen LogP contribution is -2.20. The van der Waals surface area contributed by atoms with Crippen LogP contribution in [0, 0.1) is 0 Å². The summed E-state index contributed by atoms with van der Waals surface area (Å²) in [5, 5.41) is 0.779. The van der Waals surface area contributed by atoms with E-state index in [0.29, 0.717) is 35.9 Å². The fourth-order valence-electron chi connectivity index (χ4n) is 3.37. The van der Waals surface area contributed by atoms with Gasteiger partial charge >= 0.3 is 11.9 Å². The van der Waals surface area contributed by atoms with E-state index in [1.165, 1.54) is 13.3 Å². The smallest absolute Gasteiger partial charge is 0.354 e. The lowest BCUT2D eigenvalue weighted by Gasteiger charge is -2.23. The van der Waals surface area contributed by atoms with Gasteiger partial charge in [-0.1, -0.05) is 6.42 Å². The van der Waals surface area contributed by atoms with Gasteiger partial charge in [0, 0.05) is 31.0 Å². The lowest BCUT2D eigenvalue weighted by molar-refractivity contribution is -0.131. The summed E-state index contributed by atoms with van der Waals surface area (Å²) in [5.41, 5.74) is 1.02. The normalized spacial score (nSPS) is 15.0. The minimum Gasteiger partial charge on any atom is -0.490 e. The number of nitrogens with one attached hydrogen (secondary N) is 1. The second-order valence-corrected chi connectivity index (χ2v) is 7.48. The summed E-state index contributed by atoms with van der Waals surface area (Å²) in [6.07, 6.45) is 5.67. The van der Waals surface area contributed by atoms with Crippen molar-refractivity contribution in [2.24, 2.45) is 0 Å². The molecule has 7 nitrogen and oxygen atoms in total. The zero-order valence-corrected chi connectivity index (χ0v) is 16.7. The van der Waals surface area contributed by atoms with Crippen molar-refractivity contribution in [3.63, 3.8) is 0 Å². The maximum atomic E-state index is 12.4. The van der Waals surface area contributed by atoms with Crippen LogP contribution in [0.3, 0.4) is 0 Å². The molecule has 0 aliphatic heterocycles. The fourth-order valence-corrected chi connectivity index (χ4v) is 3.37. The summed E-state index contributed by atoms with van der Waals surface area (Å²) in [5.74, 6) is 0.179. The van der Waals surface area contributed by atoms with Gasteiger partial charge in [-0.05, 0) is 45.8 Å². The van der Waals surface area contributed by atoms with E-state index in [0.717, 1.165) is 31.1 Å². The highest BCUT2D eigenvalue weighted by Crippen LogP contribution is 2.34. The Bertz CT molecular complexity index is 837. The molecule has 0 unspecified atom stereocenters. The number of rotatable bonds is 7. The van der Waals surface area contributed by atoms with Crippen molar-refractivity contribution in [1.82, 2.24) is 9.88 Å². The second-order valence-electron chi connectivity index (χ2n) is 7.48. The van der Waals surface area contributed by atoms with E-state index in [2.05, 4.69) is 4.98 Å². The maximum absolute atomic E-state index is 12.4. The molecular weight excluding hydrogens is 360 g/mol. The third-order valence-corrected chi connectivity index (χ3v) is 4.77. The van der Waals surface area contributed by atoms with Gasteiger partial charge in [0.2, 0.25) is 0 Å². The van der Waals surface area contributed by atoms with Crippen LogP contribution in [-0.2, 0) is 9.53 Å². The average molecular weight is 388 g/mol. The monoisotopic (exact) mass is 388 g/mol. The van der Waals surface area contributed by atoms with E-state index < -0.39 is 11.9 Å². The predicted molar refractivity (Wildman–Crippen MR) is 106 cm³/mol. The van der Waals surface area contributed by atoms with Gasteiger partial charge in [-0.25, -0.2) is 4.79 Å². The van der Waals surface area contributed by atoms with E-state index in [4.69, 9.17) is 14.2 Å². The van der Waals surface area contributed by atoms with Gasteiger partial charge in [-0.2, -0.15) is 0 Å². The summed E-state index contributed by atoms with van der Waals surface area (Å²) >= 11 is 0. The van der Waals surface area contributed by atoms with Crippen LogP contribution in [0.2, 0.25) is 0 Å². The van der Waals surface area contributed by atoms with Crippen LogP contribution in [0.15, 0.2) is 18.2 Å². The third-order valence-electron chi connectivity index (χ3n) is 4.77. The number of carbonyl (C=O) groups is 2. The summed E-state index contributed by atoms with van der Waals surface area (Å²) < 4.78 is 16.8. The highest BCUT2D eigenvalue weighted by Gasteiger charge is 2.20. The molecule has 152 valence electrons. The minimum absolute atomic E-state index is 0.134. The molecule has 1 N–H and O–H groups in total. The SMILES string of the molecule is CC(=O)Oc1cc(OC2CCCCC2)c2cc(C(=O)OCCN(C)C)[nH]c2c1. The van der Waals surface area contributed by atoms with E-state index in [1.54, 1.807) is 18.2 Å². The molecule has 1 fully saturated rings. The average Bonchev–Trinajstić information content (AvgIpc) is 3.06. The van der Waals surface area contributed by atoms with Crippen molar-refractivity contribution in [2.75, 3.05) is 27.2 Å². The molecule has 28 heavy (non-hydrogen) atoms. The molecule has 1 saturated carbocycles. The van der Waals surface area contributed by atoms with Gasteiger partial charge < -0.3 is 24.1 Å². The van der Waals surface area contributed by atoms with Crippen LogP contribution in [0.25, 0.3) is 10.9 Å². The van der Waals surface area contributed by atoms with Gasteiger partial charge in [0.15, 0.2) is 0 Å². The number of esters is 2. The summed E-state index contributed by atoms with van der Waals surface area (Å²) in [6.45, 7) is 2.32. The first-order valence-electron chi connectivity index (χ1n) is 9.76. The molecule has 7 heteroatoms. The number of aromatic amines is 1. The van der Waals surface area contributed by atoms with Crippen molar-refractivity contribution in [3.05, 3.63) is 23.9 Å². The van der Waals surface area contributed by atoms with Crippen LogP contribution in [0.1, 0.15) is 49.5 Å². The van der Waals surface area contributed by atoms with Crippen molar-refractivity contribution in [3.8, 4) is 11.5 Å². The first kappa shape index (κ1) is 20.2. The number of aromatic nitrogens is 1. The van der Waals surface area contributed by atoms with Crippen LogP contribution < -0.4 is 9.47 Å². The number of benzene rings is 1. The molecule has 0 amide bonds. The lowest BCUT2D eigenvalue weighted by atomic mass is 9.98. The molecule has 0 atom stereocenters. The van der Waals surface area contributed by atoms with Crippen molar-refractivity contribution in [1.29, 1.82) is 0 Å². The maximum Gasteiger partial charge on any atom is 0.354 e. The van der Waals surface area contributed by atoms with Gasteiger partial charge in [-0.3, -0.25) is 4.79 Å². The molecule has 1 aromatic heterocycles. The number of likely N-dealkylation sites (N-methyl/N-ethyl adjacent to an activating group) is 1. The van der Waals surface area contributed by atoms with E-state index in [9.17, 15) is 9.59 Å². The van der Waals surface area contributed by atoms with Crippen LogP contribution in [0.4, 0.5) is 0 Å². The number of ether oxygens (including phenoxy) is 3. The summed E-state index contributed by atoms with van der Waals surface area (Å²) in [4.78, 5) is 28.8. The number of H-pyrrole nitrogens is 1. The van der Waals surface area contributed by atoms with Gasteiger partial charge in [-0.15, -0.1) is 0 Å². The van der Waals surface area contributed by atoms with Gasteiger partial charge in [0.1, 0.15) is 23.8 Å². The van der Waals surface area contributed by atoms with Crippen LogP contribution in [0.5, 0.6) is 11.5 Å². The zero-order chi connectivity index (χ0) is 20.1. The fraction of sp³-hybridized carbons (Fsp3) is 0.524. The molecule has 0 radical (unpaired) electrons. The summed E-state index contributed by atoms with van der Waals surface area (Å²) in [6, 6.07) is 5.15.